The Morgan fingerprint density at radius 3 is 2.47 bits per heavy atom. The van der Waals surface area contributed by atoms with E-state index in [9.17, 15) is 4.79 Å². The number of rotatable bonds is 8. The minimum atomic E-state index is -0.208. The molecule has 1 N–H and O–H groups in total. The quantitative estimate of drug-likeness (QED) is 0.169. The van der Waals surface area contributed by atoms with E-state index in [2.05, 4.69) is 61.2 Å². The lowest BCUT2D eigenvalue weighted by molar-refractivity contribution is -0.0332. The number of benzene rings is 1. The number of nitrogens with one attached hydrogen (secondary N) is 1. The van der Waals surface area contributed by atoms with Gasteiger partial charge in [0.05, 0.1) is 22.4 Å². The van der Waals surface area contributed by atoms with Crippen molar-refractivity contribution >= 4 is 40.4 Å². The predicted octanol–water partition coefficient (Wildman–Crippen LogP) is 7.26. The Balaban J connectivity index is 0.730. The fourth-order valence-electron chi connectivity index (χ4n) is 8.70. The normalized spacial score (nSPS) is 20.1. The molecule has 4 aromatic heterocycles. The largest absolute Gasteiger partial charge is 0.490 e. The first-order valence-corrected chi connectivity index (χ1v) is 20.8. The Kier molecular flexibility index (Phi) is 9.90. The monoisotopic (exact) mass is 802 g/mol. The highest BCUT2D eigenvalue weighted by atomic mass is 35.5. The molecule has 0 radical (unpaired) electrons. The van der Waals surface area contributed by atoms with Gasteiger partial charge < -0.3 is 19.7 Å². The van der Waals surface area contributed by atoms with Gasteiger partial charge in [-0.15, -0.1) is 31.7 Å². The summed E-state index contributed by atoms with van der Waals surface area (Å²) in [5.41, 5.74) is 5.26. The first kappa shape index (κ1) is 37.2. The third kappa shape index (κ3) is 7.34. The van der Waals surface area contributed by atoms with E-state index < -0.39 is 0 Å². The maximum Gasteiger partial charge on any atom is 0.272 e. The average molecular weight is 803 g/mol. The van der Waals surface area contributed by atoms with E-state index in [1.54, 1.807) is 35.6 Å². The Labute approximate surface area is 340 Å². The van der Waals surface area contributed by atoms with Crippen LogP contribution in [0.2, 0.25) is 5.02 Å². The number of carbonyl (C=O) groups excluding carboxylic acids is 1. The third-order valence-corrected chi connectivity index (χ3v) is 13.6. The number of aliphatic imine (C=N–C) groups is 1. The molecule has 2 saturated carbocycles. The molecule has 1 amide bonds. The lowest BCUT2D eigenvalue weighted by Crippen LogP contribution is -2.51. The molecular weight excluding hydrogens is 760 g/mol. The molecule has 0 bridgehead atoms. The Morgan fingerprint density at radius 1 is 0.965 bits per heavy atom. The van der Waals surface area contributed by atoms with Crippen LogP contribution in [0.3, 0.4) is 0 Å². The van der Waals surface area contributed by atoms with Gasteiger partial charge in [0.15, 0.2) is 17.3 Å². The minimum Gasteiger partial charge on any atom is -0.490 e. The summed E-state index contributed by atoms with van der Waals surface area (Å²) < 4.78 is 14.6. The van der Waals surface area contributed by atoms with Gasteiger partial charge in [0.2, 0.25) is 5.88 Å². The van der Waals surface area contributed by atoms with Gasteiger partial charge >= 0.3 is 0 Å². The zero-order valence-corrected chi connectivity index (χ0v) is 33.7. The van der Waals surface area contributed by atoms with Crippen LogP contribution in [-0.2, 0) is 6.54 Å². The van der Waals surface area contributed by atoms with Gasteiger partial charge in [-0.1, -0.05) is 11.6 Å². The standard InChI is InChI=1S/C42H43ClN10O3S/c1-24-25(2)57-41-38(24)39(46-23-36-51-48-26(3)53(36)41)28-5-13-37(45-22-28)56-32-19-42(20-32)14-16-52(17-15-42)35-12-11-34(49-50-35)40(54)47-29-6-9-30(10-7-29)55-31-8-4-27(21-44)33(43)18-31/h4-5,8,11-13,18,22,29-30,32H,6-7,9-10,14-17,19-20,23H2,1-3H3,(H,47,54)/t29-,30-. The number of nitrogens with zero attached hydrogens (tertiary/aromatic N) is 9. The number of fused-ring (bicyclic) bond motifs is 3. The molecule has 57 heavy (non-hydrogen) atoms. The van der Waals surface area contributed by atoms with Crippen LogP contribution in [0.25, 0.3) is 5.00 Å². The number of aryl methyl sites for hydroxylation is 2. The highest BCUT2D eigenvalue weighted by Crippen LogP contribution is 2.50. The van der Waals surface area contributed by atoms with Crippen LogP contribution in [0, 0.1) is 37.5 Å². The van der Waals surface area contributed by atoms with Crippen LogP contribution in [0.5, 0.6) is 11.6 Å². The van der Waals surface area contributed by atoms with Gasteiger partial charge in [0, 0.05) is 53.5 Å². The number of amides is 1. The summed E-state index contributed by atoms with van der Waals surface area (Å²) in [6.07, 6.45) is 9.41. The van der Waals surface area contributed by atoms with Crippen molar-refractivity contribution in [3.63, 3.8) is 0 Å². The van der Waals surface area contributed by atoms with Crippen LogP contribution in [-0.4, -0.2) is 72.9 Å². The second-order valence-corrected chi connectivity index (χ2v) is 17.4. The summed E-state index contributed by atoms with van der Waals surface area (Å²) in [4.78, 5) is 26.3. The molecule has 5 aromatic rings. The van der Waals surface area contributed by atoms with E-state index in [-0.39, 0.29) is 29.6 Å². The minimum absolute atomic E-state index is 0.0338. The van der Waals surface area contributed by atoms with Gasteiger partial charge in [-0.25, -0.2) is 4.98 Å². The second kappa shape index (κ2) is 15.2. The molecule has 13 nitrogen and oxygen atoms in total. The summed E-state index contributed by atoms with van der Waals surface area (Å²) in [5.74, 6) is 3.60. The van der Waals surface area contributed by atoms with Gasteiger partial charge in [0.1, 0.15) is 35.3 Å². The van der Waals surface area contributed by atoms with E-state index in [1.807, 2.05) is 25.3 Å². The van der Waals surface area contributed by atoms with Crippen LogP contribution < -0.4 is 19.7 Å². The maximum absolute atomic E-state index is 13.0. The fourth-order valence-corrected chi connectivity index (χ4v) is 10.1. The summed E-state index contributed by atoms with van der Waals surface area (Å²) >= 11 is 7.91. The van der Waals surface area contributed by atoms with Crippen molar-refractivity contribution in [3.8, 4) is 22.7 Å². The van der Waals surface area contributed by atoms with Crippen LogP contribution in [0.1, 0.15) is 101 Å². The van der Waals surface area contributed by atoms with Crippen molar-refractivity contribution in [1.29, 1.82) is 5.26 Å². The van der Waals surface area contributed by atoms with Crippen molar-refractivity contribution in [2.45, 2.75) is 96.9 Å². The van der Waals surface area contributed by atoms with Gasteiger partial charge in [-0.2, -0.15) is 5.26 Å². The van der Waals surface area contributed by atoms with E-state index in [0.717, 1.165) is 104 Å². The molecular formula is C42H43ClN10O3S. The summed E-state index contributed by atoms with van der Waals surface area (Å²) in [5, 5.41) is 31.2. The van der Waals surface area contributed by atoms with E-state index >= 15 is 0 Å². The molecule has 6 heterocycles. The zero-order chi connectivity index (χ0) is 39.3. The Bertz CT molecular complexity index is 2380. The van der Waals surface area contributed by atoms with Crippen LogP contribution in [0.15, 0.2) is 53.7 Å². The van der Waals surface area contributed by atoms with Crippen LogP contribution >= 0.6 is 22.9 Å². The van der Waals surface area contributed by atoms with Crippen molar-refractivity contribution in [1.82, 2.24) is 35.3 Å². The van der Waals surface area contributed by atoms with Crippen molar-refractivity contribution < 1.29 is 14.3 Å². The second-order valence-electron chi connectivity index (χ2n) is 15.7. The summed E-state index contributed by atoms with van der Waals surface area (Å²) in [6, 6.07) is 14.9. The number of hydrogen-bond donors (Lipinski definition) is 1. The number of ether oxygens (including phenoxy) is 2. The number of pyridine rings is 1. The number of anilines is 1. The summed E-state index contributed by atoms with van der Waals surface area (Å²) in [7, 11) is 0. The molecule has 292 valence electrons. The molecule has 2 aliphatic heterocycles. The highest BCUT2D eigenvalue weighted by molar-refractivity contribution is 7.15. The molecule has 1 spiro atoms. The molecule has 2 aliphatic carbocycles. The molecule has 4 aliphatic rings. The molecule has 1 saturated heterocycles. The molecule has 15 heteroatoms. The van der Waals surface area contributed by atoms with Gasteiger partial charge in [0.25, 0.3) is 5.91 Å². The molecule has 3 fully saturated rings. The number of aromatic nitrogens is 6. The van der Waals surface area contributed by atoms with E-state index in [0.29, 0.717) is 34.5 Å². The van der Waals surface area contributed by atoms with E-state index in [4.69, 9.17) is 36.3 Å². The number of halogens is 1. The summed E-state index contributed by atoms with van der Waals surface area (Å²) in [6.45, 7) is 8.53. The van der Waals surface area contributed by atoms with Crippen molar-refractivity contribution in [3.05, 3.63) is 98.2 Å². The molecule has 0 unspecified atom stereocenters. The number of carbonyl (C=O) groups is 1. The third-order valence-electron chi connectivity index (χ3n) is 12.1. The van der Waals surface area contributed by atoms with Crippen LogP contribution in [0.4, 0.5) is 5.82 Å². The zero-order valence-electron chi connectivity index (χ0n) is 32.2. The van der Waals surface area contributed by atoms with Crippen molar-refractivity contribution in [2.75, 3.05) is 18.0 Å². The smallest absolute Gasteiger partial charge is 0.272 e. The first-order valence-electron chi connectivity index (χ1n) is 19.6. The average Bonchev–Trinajstić information content (AvgIpc) is 3.66. The van der Waals surface area contributed by atoms with E-state index in [1.165, 1.54) is 10.4 Å². The molecule has 1 aromatic carbocycles. The molecule has 9 rings (SSSR count). The SMILES string of the molecule is Cc1sc2c(c1C)C(c1ccc(OC3CC4(CCN(c5ccc(C(=O)N[C@H]6CC[C@H](Oc7ccc(C#N)c(Cl)c7)CC6)nn5)CC4)C3)nc1)=NCc1nnc(C)n1-2. The maximum atomic E-state index is 13.0. The number of thiophene rings is 1. The highest BCUT2D eigenvalue weighted by Gasteiger charge is 2.47. The lowest BCUT2D eigenvalue weighted by Gasteiger charge is -2.51. The number of piperidine rings is 1. The van der Waals surface area contributed by atoms with Gasteiger partial charge in [-0.05, 0) is 113 Å². The predicted molar refractivity (Wildman–Crippen MR) is 217 cm³/mol. The number of nitriles is 1. The molecule has 0 atom stereocenters. The Morgan fingerprint density at radius 2 is 1.77 bits per heavy atom. The fraction of sp³-hybridized carbons (Fsp3) is 0.429. The van der Waals surface area contributed by atoms with Crippen molar-refractivity contribution in [2.24, 2.45) is 10.4 Å². The van der Waals surface area contributed by atoms with Gasteiger partial charge in [-0.3, -0.25) is 14.4 Å². The topological polar surface area (TPSA) is 156 Å². The lowest BCUT2D eigenvalue weighted by atomic mass is 9.61. The number of hydrogen-bond acceptors (Lipinski definition) is 12. The first-order chi connectivity index (χ1) is 27.6. The Hall–Kier alpha value is -5.39.